The number of carboxylic acid groups (broad SMARTS) is 8. The number of nitrogens with one attached hydrogen (secondary N) is 3. The van der Waals surface area contributed by atoms with Crippen molar-refractivity contribution in [2.75, 3.05) is 94.0 Å². The van der Waals surface area contributed by atoms with Gasteiger partial charge in [-0.15, -0.1) is 0 Å². The second-order valence-electron chi connectivity index (χ2n) is 21.8. The fourth-order valence-electron chi connectivity index (χ4n) is 9.74. The molecule has 0 spiro atoms. The van der Waals surface area contributed by atoms with Gasteiger partial charge >= 0.3 is 47.8 Å². The highest BCUT2D eigenvalue weighted by molar-refractivity contribution is 6.28. The molecule has 0 saturated carbocycles. The second-order valence-corrected chi connectivity index (χ2v) is 21.8. The Balaban J connectivity index is 0.000000869. The highest BCUT2D eigenvalue weighted by Crippen LogP contribution is 2.38. The molecule has 3 aromatic carbocycles. The smallest absolute Gasteiger partial charge is 0.414 e. The normalized spacial score (nSPS) is 11.6. The number of carbonyl (C=O) groups is 12. The molecule has 2 aromatic heterocycles. The van der Waals surface area contributed by atoms with E-state index in [2.05, 4.69) is 61.9 Å². The minimum Gasteiger partial charge on any atom is -0.496 e. The highest BCUT2D eigenvalue weighted by Gasteiger charge is 2.34. The van der Waals surface area contributed by atoms with Crippen molar-refractivity contribution in [1.29, 1.82) is 0 Å². The number of hydrogen-bond donors (Lipinski definition) is 11. The van der Waals surface area contributed by atoms with Crippen molar-refractivity contribution in [3.63, 3.8) is 0 Å². The van der Waals surface area contributed by atoms with Crippen LogP contribution in [0.3, 0.4) is 0 Å². The Morgan fingerprint density at radius 2 is 0.763 bits per heavy atom. The zero-order valence-electron chi connectivity index (χ0n) is 54.2. The van der Waals surface area contributed by atoms with Crippen LogP contribution in [0.25, 0.3) is 0 Å². The Bertz CT molecular complexity index is 3190. The molecule has 31 heteroatoms. The number of anilines is 6. The van der Waals surface area contributed by atoms with Crippen LogP contribution in [0.1, 0.15) is 116 Å². The maximum absolute atomic E-state index is 14.7. The van der Waals surface area contributed by atoms with Gasteiger partial charge in [0.2, 0.25) is 11.8 Å². The summed E-state index contributed by atoms with van der Waals surface area (Å²) in [5.41, 5.74) is 3.56. The molecular weight excluding hydrogens is 1270 g/mol. The van der Waals surface area contributed by atoms with Crippen molar-refractivity contribution in [1.82, 2.24) is 30.0 Å². The topological polar surface area (TPSA) is 454 Å². The largest absolute Gasteiger partial charge is 0.496 e. The van der Waals surface area contributed by atoms with Crippen molar-refractivity contribution in [2.24, 2.45) is 0 Å². The van der Waals surface area contributed by atoms with Crippen LogP contribution < -0.4 is 30.5 Å². The van der Waals surface area contributed by atoms with Gasteiger partial charge in [-0.3, -0.25) is 33.9 Å². The van der Waals surface area contributed by atoms with Crippen molar-refractivity contribution >= 4 is 106 Å². The number of carbonyl (C=O) groups excluding carboxylic acids is 4. The molecule has 2 aliphatic rings. The number of amides is 4. The van der Waals surface area contributed by atoms with Gasteiger partial charge in [0.25, 0.3) is 11.8 Å². The number of fused-ring (bicyclic) bond motifs is 4. The summed E-state index contributed by atoms with van der Waals surface area (Å²) >= 11 is 0. The number of pyridine rings is 2. The Morgan fingerprint density at radius 1 is 0.433 bits per heavy atom. The molecule has 31 nitrogen and oxygen atoms in total. The average Bonchev–Trinajstić information content (AvgIpc) is 1.70. The van der Waals surface area contributed by atoms with Crippen molar-refractivity contribution in [3.8, 4) is 5.75 Å². The van der Waals surface area contributed by atoms with E-state index in [1.54, 1.807) is 92.3 Å². The van der Waals surface area contributed by atoms with Crippen LogP contribution in [0.5, 0.6) is 5.75 Å². The van der Waals surface area contributed by atoms with Gasteiger partial charge in [0.05, 0.1) is 54.1 Å². The van der Waals surface area contributed by atoms with Crippen LogP contribution in [0.2, 0.25) is 0 Å². The Labute approximate surface area is 559 Å². The first-order chi connectivity index (χ1) is 46.3. The van der Waals surface area contributed by atoms with Crippen LogP contribution in [0.4, 0.5) is 34.4 Å². The van der Waals surface area contributed by atoms with Gasteiger partial charge in [-0.25, -0.2) is 48.3 Å². The SMILES string of the molecule is COc1ccccc1CNCCCCCCN(C)CCCCCCCCN(C)CCCCCCN(CC(=O)N1c2ccccc2C(=O)Nc2cccnc21)CC(=O)N1c2ccccc2C(=O)Nc2cccnc21.O=C(O)C(=O)O.O=C(O)C(=O)O.O=C(O)C(=O)O.O=C(O)C(=O)O. The number of para-hydroxylation sites is 3. The first-order valence-corrected chi connectivity index (χ1v) is 30.9. The van der Waals surface area contributed by atoms with Gasteiger partial charge in [0, 0.05) is 24.5 Å². The quantitative estimate of drug-likeness (QED) is 0.0168. The van der Waals surface area contributed by atoms with Crippen LogP contribution in [-0.4, -0.2) is 210 Å². The molecule has 5 aromatic rings. The molecule has 0 radical (unpaired) electrons. The van der Waals surface area contributed by atoms with Crippen LogP contribution in [0.15, 0.2) is 109 Å². The Hall–Kier alpha value is -10.8. The van der Waals surface area contributed by atoms with Crippen LogP contribution >= 0.6 is 0 Å². The van der Waals surface area contributed by atoms with Gasteiger partial charge in [0.15, 0.2) is 11.6 Å². The maximum Gasteiger partial charge on any atom is 0.414 e. The molecule has 4 amide bonds. The second kappa shape index (κ2) is 44.0. The zero-order valence-corrected chi connectivity index (χ0v) is 54.2. The van der Waals surface area contributed by atoms with E-state index in [-0.39, 0.29) is 36.7 Å². The van der Waals surface area contributed by atoms with Crippen molar-refractivity contribution in [3.05, 3.63) is 126 Å². The first-order valence-electron chi connectivity index (χ1n) is 30.9. The average molecular weight is 1350 g/mol. The van der Waals surface area contributed by atoms with E-state index in [1.165, 1.54) is 92.7 Å². The lowest BCUT2D eigenvalue weighted by atomic mass is 10.1. The predicted molar refractivity (Wildman–Crippen MR) is 353 cm³/mol. The first kappa shape index (κ1) is 80.5. The minimum absolute atomic E-state index is 0.127. The molecule has 97 heavy (non-hydrogen) atoms. The Kier molecular flexibility index (Phi) is 36.5. The van der Waals surface area contributed by atoms with Gasteiger partial charge in [-0.05, 0) is 146 Å². The summed E-state index contributed by atoms with van der Waals surface area (Å²) in [6, 6.07) is 29.0. The fourth-order valence-corrected chi connectivity index (χ4v) is 9.74. The summed E-state index contributed by atoms with van der Waals surface area (Å²) in [7, 11) is 6.21. The summed E-state index contributed by atoms with van der Waals surface area (Å²) in [4.78, 5) is 148. The van der Waals surface area contributed by atoms with E-state index >= 15 is 0 Å². The van der Waals surface area contributed by atoms with E-state index in [9.17, 15) is 19.2 Å². The predicted octanol–water partition coefficient (Wildman–Crippen LogP) is 6.69. The van der Waals surface area contributed by atoms with Gasteiger partial charge < -0.3 is 71.3 Å². The maximum atomic E-state index is 14.7. The summed E-state index contributed by atoms with van der Waals surface area (Å²) in [6.45, 7) is 6.58. The van der Waals surface area contributed by atoms with Crippen molar-refractivity contribution < 1.29 is 103 Å². The molecule has 0 atom stereocenters. The number of hydrogen-bond acceptors (Lipinski definition) is 19. The number of aromatic nitrogens is 2. The number of aliphatic carboxylic acids is 8. The van der Waals surface area contributed by atoms with Crippen LogP contribution in [0, 0.1) is 0 Å². The van der Waals surface area contributed by atoms with E-state index in [0.29, 0.717) is 52.1 Å². The molecule has 0 fully saturated rings. The lowest BCUT2D eigenvalue weighted by Gasteiger charge is -2.29. The molecular formula is C66H84N10O21. The summed E-state index contributed by atoms with van der Waals surface area (Å²) in [6.07, 6.45) is 19.6. The third-order valence-electron chi connectivity index (χ3n) is 14.5. The third kappa shape index (κ3) is 29.6. The molecule has 4 heterocycles. The third-order valence-corrected chi connectivity index (χ3v) is 14.5. The molecule has 7 rings (SSSR count). The molecule has 0 aliphatic carbocycles. The molecule has 0 unspecified atom stereocenters. The number of nitrogens with zero attached hydrogens (tertiary/aromatic N) is 7. The van der Waals surface area contributed by atoms with E-state index in [1.807, 2.05) is 17.0 Å². The molecule has 524 valence electrons. The number of carboxylic acids is 8. The number of ether oxygens (including phenoxy) is 1. The van der Waals surface area contributed by atoms with Crippen LogP contribution in [-0.2, 0) is 54.5 Å². The van der Waals surface area contributed by atoms with Gasteiger partial charge in [0.1, 0.15) is 5.75 Å². The number of unbranched alkanes of at least 4 members (excludes halogenated alkanes) is 11. The zero-order chi connectivity index (χ0) is 71.8. The molecule has 2 aliphatic heterocycles. The molecule has 0 bridgehead atoms. The van der Waals surface area contributed by atoms with Gasteiger partial charge in [-0.2, -0.15) is 0 Å². The lowest BCUT2D eigenvalue weighted by Crippen LogP contribution is -2.44. The Morgan fingerprint density at radius 3 is 1.13 bits per heavy atom. The number of methoxy groups -OCH3 is 1. The van der Waals surface area contributed by atoms with Gasteiger partial charge in [-0.1, -0.05) is 93.8 Å². The lowest BCUT2D eigenvalue weighted by molar-refractivity contribution is -0.159. The number of rotatable bonds is 30. The van der Waals surface area contributed by atoms with Crippen molar-refractivity contribution in [2.45, 2.75) is 96.4 Å². The standard InChI is InChI=1S/C58H76N10O5.4C2H2O4/c1-64(39-21-9-6-18-34-59-42-45-26-12-17-33-52(45)73-3)37-19-7-4-5-8-20-38-65(2)40-22-10-11-23-41-66(43-53(69)67-50-31-15-13-27-46(50)57(71)62-48-29-24-35-60-55(48)67)44-54(70)68-51-32-16-14-28-47(51)58(72)63-49-30-25-36-61-56(49)68;4*3-1(4)2(5)6/h12-17,24-33,35-36,59H,4-11,18-23,34,37-44H2,1-3H3,(H,62,71)(H,63,72);4*(H,3,4)(H,5,6). The molecule has 11 N–H and O–H groups in total. The molecule has 0 saturated heterocycles. The summed E-state index contributed by atoms with van der Waals surface area (Å²) in [5, 5.41) is 68.5. The van der Waals surface area contributed by atoms with E-state index in [4.69, 9.17) is 83.9 Å². The fraction of sp³-hybridized carbons (Fsp3) is 0.394. The summed E-state index contributed by atoms with van der Waals surface area (Å²) < 4.78 is 5.45. The summed E-state index contributed by atoms with van der Waals surface area (Å²) in [5.74, 6) is -14.4. The van der Waals surface area contributed by atoms with E-state index < -0.39 is 47.8 Å². The number of benzene rings is 3. The highest BCUT2D eigenvalue weighted by atomic mass is 16.5. The monoisotopic (exact) mass is 1350 g/mol. The van der Waals surface area contributed by atoms with E-state index in [0.717, 1.165) is 57.6 Å². The minimum atomic E-state index is -1.82.